The number of methoxy groups -OCH3 is 1. The van der Waals surface area contributed by atoms with Crippen LogP contribution in [0.3, 0.4) is 0 Å². The molecule has 0 heterocycles. The predicted octanol–water partition coefficient (Wildman–Crippen LogP) is 2.11. The Hall–Kier alpha value is -0.570. The molecule has 0 aromatic rings. The van der Waals surface area contributed by atoms with E-state index in [4.69, 9.17) is 0 Å². The van der Waals surface area contributed by atoms with E-state index in [1.807, 2.05) is 0 Å². The lowest BCUT2D eigenvalue weighted by Crippen LogP contribution is -2.41. The normalized spacial score (nSPS) is 34.2. The highest BCUT2D eigenvalue weighted by Crippen LogP contribution is 2.40. The zero-order valence-corrected chi connectivity index (χ0v) is 10.2. The molecule has 16 heavy (non-hydrogen) atoms. The summed E-state index contributed by atoms with van der Waals surface area (Å²) in [6.07, 6.45) is 9.53. The summed E-state index contributed by atoms with van der Waals surface area (Å²) >= 11 is 0. The van der Waals surface area contributed by atoms with Crippen LogP contribution in [0.1, 0.15) is 44.9 Å². The van der Waals surface area contributed by atoms with Gasteiger partial charge in [0.15, 0.2) is 0 Å². The van der Waals surface area contributed by atoms with Gasteiger partial charge in [-0.15, -0.1) is 0 Å². The summed E-state index contributed by atoms with van der Waals surface area (Å²) < 4.78 is 4.65. The highest BCUT2D eigenvalue weighted by atomic mass is 16.5. The number of fused-ring (bicyclic) bond motifs is 1. The van der Waals surface area contributed by atoms with Gasteiger partial charge in [-0.25, -0.2) is 0 Å². The van der Waals surface area contributed by atoms with Crippen LogP contribution in [-0.2, 0) is 9.53 Å². The monoisotopic (exact) mass is 225 g/mol. The van der Waals surface area contributed by atoms with Crippen molar-refractivity contribution in [2.45, 2.75) is 51.0 Å². The lowest BCUT2D eigenvalue weighted by molar-refractivity contribution is -0.139. The van der Waals surface area contributed by atoms with Gasteiger partial charge in [-0.2, -0.15) is 0 Å². The van der Waals surface area contributed by atoms with Crippen LogP contribution >= 0.6 is 0 Å². The van der Waals surface area contributed by atoms with Crippen LogP contribution in [0.5, 0.6) is 0 Å². The minimum Gasteiger partial charge on any atom is -0.468 e. The van der Waals surface area contributed by atoms with Crippen LogP contribution < -0.4 is 5.32 Å². The third-order valence-corrected chi connectivity index (χ3v) is 4.30. The molecule has 1 N–H and O–H groups in total. The number of nitrogens with one attached hydrogen (secondary N) is 1. The van der Waals surface area contributed by atoms with Crippen molar-refractivity contribution in [2.24, 2.45) is 11.8 Å². The molecule has 3 atom stereocenters. The first-order chi connectivity index (χ1) is 7.79. The van der Waals surface area contributed by atoms with E-state index in [-0.39, 0.29) is 5.97 Å². The average Bonchev–Trinajstić information content (AvgIpc) is 2.35. The predicted molar refractivity (Wildman–Crippen MR) is 63.1 cm³/mol. The van der Waals surface area contributed by atoms with Crippen molar-refractivity contribution in [2.75, 3.05) is 13.7 Å². The van der Waals surface area contributed by atoms with Gasteiger partial charge < -0.3 is 10.1 Å². The maximum absolute atomic E-state index is 11.1. The Balaban J connectivity index is 1.74. The molecule has 0 bridgehead atoms. The Morgan fingerprint density at radius 1 is 1.19 bits per heavy atom. The third-order valence-electron chi connectivity index (χ3n) is 4.30. The number of carbonyl (C=O) groups excluding carboxylic acids is 1. The third kappa shape index (κ3) is 2.97. The van der Waals surface area contributed by atoms with Crippen molar-refractivity contribution in [1.82, 2.24) is 5.32 Å². The van der Waals surface area contributed by atoms with Crippen LogP contribution in [0.2, 0.25) is 0 Å². The lowest BCUT2D eigenvalue weighted by atomic mass is 9.69. The Kier molecular flexibility index (Phi) is 4.22. The van der Waals surface area contributed by atoms with Gasteiger partial charge in [0.2, 0.25) is 0 Å². The molecule has 0 aliphatic heterocycles. The zero-order valence-electron chi connectivity index (χ0n) is 10.2. The van der Waals surface area contributed by atoms with Gasteiger partial charge in [0.1, 0.15) is 0 Å². The van der Waals surface area contributed by atoms with E-state index in [0.29, 0.717) is 12.6 Å². The Bertz CT molecular complexity index is 242. The molecule has 0 amide bonds. The zero-order chi connectivity index (χ0) is 11.4. The fourth-order valence-electron chi connectivity index (χ4n) is 3.36. The Labute approximate surface area is 97.9 Å². The molecule has 3 nitrogen and oxygen atoms in total. The van der Waals surface area contributed by atoms with Gasteiger partial charge in [0.25, 0.3) is 0 Å². The summed E-state index contributed by atoms with van der Waals surface area (Å²) in [5, 5.41) is 3.33. The van der Waals surface area contributed by atoms with Crippen molar-refractivity contribution in [3.63, 3.8) is 0 Å². The fourth-order valence-corrected chi connectivity index (χ4v) is 3.36. The summed E-state index contributed by atoms with van der Waals surface area (Å²) in [5.41, 5.74) is 0. The number of carbonyl (C=O) groups is 1. The van der Waals surface area contributed by atoms with E-state index in [1.54, 1.807) is 0 Å². The lowest BCUT2D eigenvalue weighted by Gasteiger charge is -2.39. The fraction of sp³-hybridized carbons (Fsp3) is 0.923. The van der Waals surface area contributed by atoms with Crippen LogP contribution in [0, 0.1) is 11.8 Å². The average molecular weight is 225 g/mol. The Morgan fingerprint density at radius 3 is 2.69 bits per heavy atom. The van der Waals surface area contributed by atoms with Crippen molar-refractivity contribution in [1.29, 1.82) is 0 Å². The quantitative estimate of drug-likeness (QED) is 0.748. The summed E-state index contributed by atoms with van der Waals surface area (Å²) in [6.45, 7) is 0.374. The molecule has 2 fully saturated rings. The van der Waals surface area contributed by atoms with Gasteiger partial charge in [-0.3, -0.25) is 4.79 Å². The van der Waals surface area contributed by atoms with E-state index < -0.39 is 0 Å². The molecule has 2 rings (SSSR count). The summed E-state index contributed by atoms with van der Waals surface area (Å²) in [7, 11) is 1.45. The molecular weight excluding hydrogens is 202 g/mol. The first kappa shape index (κ1) is 11.9. The SMILES string of the molecule is COC(=O)CNC1CCC2CCCCC2C1. The van der Waals surface area contributed by atoms with Crippen molar-refractivity contribution in [3.8, 4) is 0 Å². The van der Waals surface area contributed by atoms with E-state index in [1.165, 1.54) is 52.1 Å². The molecule has 0 saturated heterocycles. The van der Waals surface area contributed by atoms with Crippen LogP contribution in [0.25, 0.3) is 0 Å². The Morgan fingerprint density at radius 2 is 1.94 bits per heavy atom. The number of ether oxygens (including phenoxy) is 1. The van der Waals surface area contributed by atoms with E-state index in [0.717, 1.165) is 11.8 Å². The topological polar surface area (TPSA) is 38.3 Å². The van der Waals surface area contributed by atoms with Gasteiger partial charge in [0, 0.05) is 6.04 Å². The maximum atomic E-state index is 11.1. The molecule has 2 aliphatic rings. The van der Waals surface area contributed by atoms with E-state index >= 15 is 0 Å². The van der Waals surface area contributed by atoms with Crippen LogP contribution in [-0.4, -0.2) is 25.7 Å². The maximum Gasteiger partial charge on any atom is 0.319 e. The number of hydrogen-bond acceptors (Lipinski definition) is 3. The molecule has 92 valence electrons. The molecule has 2 aliphatic carbocycles. The molecule has 2 saturated carbocycles. The van der Waals surface area contributed by atoms with Crippen molar-refractivity contribution in [3.05, 3.63) is 0 Å². The van der Waals surface area contributed by atoms with E-state index in [9.17, 15) is 4.79 Å². The summed E-state index contributed by atoms with van der Waals surface area (Å²) in [4.78, 5) is 11.1. The second-order valence-electron chi connectivity index (χ2n) is 5.27. The number of esters is 1. The van der Waals surface area contributed by atoms with Crippen molar-refractivity contribution >= 4 is 5.97 Å². The summed E-state index contributed by atoms with van der Waals surface area (Å²) in [5.74, 6) is 1.74. The molecule has 0 aromatic heterocycles. The highest BCUT2D eigenvalue weighted by Gasteiger charge is 2.31. The van der Waals surface area contributed by atoms with Gasteiger partial charge in [-0.1, -0.05) is 25.7 Å². The minimum atomic E-state index is -0.147. The van der Waals surface area contributed by atoms with Crippen LogP contribution in [0.15, 0.2) is 0 Å². The van der Waals surface area contributed by atoms with Gasteiger partial charge in [-0.05, 0) is 31.1 Å². The molecule has 3 heteroatoms. The van der Waals surface area contributed by atoms with Crippen LogP contribution in [0.4, 0.5) is 0 Å². The first-order valence-electron chi connectivity index (χ1n) is 6.60. The largest absolute Gasteiger partial charge is 0.468 e. The molecule has 0 spiro atoms. The highest BCUT2D eigenvalue weighted by molar-refractivity contribution is 5.71. The number of hydrogen-bond donors (Lipinski definition) is 1. The van der Waals surface area contributed by atoms with Gasteiger partial charge >= 0.3 is 5.97 Å². The molecule has 0 radical (unpaired) electrons. The minimum absolute atomic E-state index is 0.147. The summed E-state index contributed by atoms with van der Waals surface area (Å²) in [6, 6.07) is 0.540. The first-order valence-corrected chi connectivity index (χ1v) is 6.60. The standard InChI is InChI=1S/C13H23NO2/c1-16-13(15)9-14-12-7-6-10-4-2-3-5-11(10)8-12/h10-12,14H,2-9H2,1H3. The van der Waals surface area contributed by atoms with Crippen molar-refractivity contribution < 1.29 is 9.53 Å². The smallest absolute Gasteiger partial charge is 0.319 e. The molecular formula is C13H23NO2. The van der Waals surface area contributed by atoms with E-state index in [2.05, 4.69) is 10.1 Å². The second-order valence-corrected chi connectivity index (χ2v) is 5.27. The molecule has 3 unspecified atom stereocenters. The van der Waals surface area contributed by atoms with Gasteiger partial charge in [0.05, 0.1) is 13.7 Å². The molecule has 0 aromatic carbocycles. The second kappa shape index (κ2) is 5.67. The number of rotatable bonds is 3.